The van der Waals surface area contributed by atoms with Gasteiger partial charge < -0.3 is 9.30 Å². The van der Waals surface area contributed by atoms with Crippen molar-refractivity contribution in [2.75, 3.05) is 6.61 Å². The van der Waals surface area contributed by atoms with Crippen LogP contribution in [-0.2, 0) is 9.53 Å². The third-order valence-corrected chi connectivity index (χ3v) is 4.43. The van der Waals surface area contributed by atoms with E-state index in [2.05, 4.69) is 15.1 Å². The van der Waals surface area contributed by atoms with E-state index in [4.69, 9.17) is 4.74 Å². The maximum atomic E-state index is 11.8. The summed E-state index contributed by atoms with van der Waals surface area (Å²) in [5.41, 5.74) is 7.07. The van der Waals surface area contributed by atoms with Gasteiger partial charge in [0.2, 0.25) is 5.91 Å². The summed E-state index contributed by atoms with van der Waals surface area (Å²) in [7, 11) is 0. The molecule has 1 saturated carbocycles. The zero-order valence-electron chi connectivity index (χ0n) is 15.3. The Morgan fingerprint density at radius 2 is 1.96 bits per heavy atom. The van der Waals surface area contributed by atoms with Crippen molar-refractivity contribution in [3.8, 4) is 5.69 Å². The van der Waals surface area contributed by atoms with Crippen LogP contribution >= 0.6 is 0 Å². The lowest BCUT2D eigenvalue weighted by Gasteiger charge is -2.10. The average molecular weight is 353 g/mol. The molecule has 1 aliphatic rings. The third kappa shape index (κ3) is 3.85. The Kier molecular flexibility index (Phi) is 5.21. The highest BCUT2D eigenvalue weighted by molar-refractivity contribution is 5.89. The van der Waals surface area contributed by atoms with E-state index in [0.717, 1.165) is 35.5 Å². The number of hydrazone groups is 1. The van der Waals surface area contributed by atoms with Crippen LogP contribution in [0, 0.1) is 19.8 Å². The Hall–Kier alpha value is -2.89. The van der Waals surface area contributed by atoms with Crippen molar-refractivity contribution in [2.45, 2.75) is 33.6 Å². The fourth-order valence-electron chi connectivity index (χ4n) is 2.88. The van der Waals surface area contributed by atoms with Crippen molar-refractivity contribution in [2.24, 2.45) is 11.0 Å². The number of hydrogen-bond acceptors (Lipinski definition) is 4. The predicted molar refractivity (Wildman–Crippen MR) is 99.7 cm³/mol. The number of esters is 1. The monoisotopic (exact) mass is 353 g/mol. The number of carbonyl (C=O) groups excluding carboxylic acids is 2. The normalized spacial score (nSPS) is 13.8. The van der Waals surface area contributed by atoms with Gasteiger partial charge in [0.05, 0.1) is 18.4 Å². The Morgan fingerprint density at radius 3 is 2.58 bits per heavy atom. The average Bonchev–Trinajstić information content (AvgIpc) is 3.43. The van der Waals surface area contributed by atoms with Crippen molar-refractivity contribution in [1.29, 1.82) is 0 Å². The minimum Gasteiger partial charge on any atom is -0.462 e. The number of benzene rings is 1. The van der Waals surface area contributed by atoms with Crippen LogP contribution in [0.25, 0.3) is 5.69 Å². The zero-order valence-corrected chi connectivity index (χ0v) is 15.3. The number of rotatable bonds is 6. The van der Waals surface area contributed by atoms with Gasteiger partial charge in [0.25, 0.3) is 0 Å². The van der Waals surface area contributed by atoms with E-state index >= 15 is 0 Å². The fraction of sp³-hybridized carbons (Fsp3) is 0.350. The first-order chi connectivity index (χ1) is 12.5. The molecule has 2 aromatic rings. The molecule has 0 unspecified atom stereocenters. The Bertz CT molecular complexity index is 846. The molecule has 1 aromatic carbocycles. The first-order valence-corrected chi connectivity index (χ1v) is 8.80. The van der Waals surface area contributed by atoms with Crippen LogP contribution in [0.3, 0.4) is 0 Å². The largest absolute Gasteiger partial charge is 0.462 e. The highest BCUT2D eigenvalue weighted by Gasteiger charge is 2.29. The van der Waals surface area contributed by atoms with Crippen molar-refractivity contribution in [3.63, 3.8) is 0 Å². The zero-order chi connectivity index (χ0) is 18.7. The quantitative estimate of drug-likeness (QED) is 0.493. The van der Waals surface area contributed by atoms with E-state index in [0.29, 0.717) is 12.2 Å². The van der Waals surface area contributed by atoms with Crippen LogP contribution < -0.4 is 5.43 Å². The van der Waals surface area contributed by atoms with Crippen molar-refractivity contribution < 1.29 is 14.3 Å². The van der Waals surface area contributed by atoms with Crippen LogP contribution in [0.2, 0.25) is 0 Å². The second kappa shape index (κ2) is 7.56. The van der Waals surface area contributed by atoms with Crippen molar-refractivity contribution in [1.82, 2.24) is 9.99 Å². The molecule has 1 amide bonds. The highest BCUT2D eigenvalue weighted by atomic mass is 16.5. The summed E-state index contributed by atoms with van der Waals surface area (Å²) >= 11 is 0. The summed E-state index contributed by atoms with van der Waals surface area (Å²) in [4.78, 5) is 23.4. The first kappa shape index (κ1) is 17.9. The first-order valence-electron chi connectivity index (χ1n) is 8.80. The Labute approximate surface area is 152 Å². The van der Waals surface area contributed by atoms with E-state index in [9.17, 15) is 9.59 Å². The highest BCUT2D eigenvalue weighted by Crippen LogP contribution is 2.28. The fourth-order valence-corrected chi connectivity index (χ4v) is 2.88. The third-order valence-electron chi connectivity index (χ3n) is 4.43. The summed E-state index contributed by atoms with van der Waals surface area (Å²) in [6, 6.07) is 9.32. The Balaban J connectivity index is 1.77. The van der Waals surface area contributed by atoms with Crippen LogP contribution in [0.4, 0.5) is 0 Å². The molecule has 6 nitrogen and oxygen atoms in total. The van der Waals surface area contributed by atoms with Gasteiger partial charge in [0.15, 0.2) is 0 Å². The molecule has 1 aromatic heterocycles. The number of aromatic nitrogens is 1. The van der Waals surface area contributed by atoms with Gasteiger partial charge in [-0.1, -0.05) is 0 Å². The lowest BCUT2D eigenvalue weighted by atomic mass is 10.2. The molecule has 1 N–H and O–H groups in total. The summed E-state index contributed by atoms with van der Waals surface area (Å²) in [6.45, 7) is 6.15. The summed E-state index contributed by atoms with van der Waals surface area (Å²) in [5, 5.41) is 4.07. The number of nitrogens with one attached hydrogen (secondary N) is 1. The van der Waals surface area contributed by atoms with Crippen LogP contribution in [0.5, 0.6) is 0 Å². The summed E-state index contributed by atoms with van der Waals surface area (Å²) < 4.78 is 7.09. The topological polar surface area (TPSA) is 72.7 Å². The Morgan fingerprint density at radius 1 is 1.27 bits per heavy atom. The molecule has 3 rings (SSSR count). The van der Waals surface area contributed by atoms with Gasteiger partial charge in [0.1, 0.15) is 0 Å². The molecule has 0 radical (unpaired) electrons. The molecule has 1 aliphatic carbocycles. The van der Waals surface area contributed by atoms with E-state index < -0.39 is 0 Å². The molecular weight excluding hydrogens is 330 g/mol. The van der Waals surface area contributed by atoms with Crippen molar-refractivity contribution in [3.05, 3.63) is 52.8 Å². The molecule has 0 bridgehead atoms. The number of nitrogens with zero attached hydrogens (tertiary/aromatic N) is 2. The van der Waals surface area contributed by atoms with Gasteiger partial charge >= 0.3 is 5.97 Å². The van der Waals surface area contributed by atoms with Crippen LogP contribution in [0.1, 0.15) is 47.1 Å². The molecule has 1 heterocycles. The number of ether oxygens (including phenoxy) is 1. The maximum absolute atomic E-state index is 11.8. The number of aryl methyl sites for hydroxylation is 1. The molecule has 136 valence electrons. The van der Waals surface area contributed by atoms with Gasteiger partial charge in [-0.15, -0.1) is 0 Å². The van der Waals surface area contributed by atoms with E-state index in [1.54, 1.807) is 25.3 Å². The van der Waals surface area contributed by atoms with Gasteiger partial charge in [-0.3, -0.25) is 4.79 Å². The smallest absolute Gasteiger partial charge is 0.338 e. The van der Waals surface area contributed by atoms with Gasteiger partial charge in [-0.05, 0) is 63.9 Å². The number of hydrogen-bond donors (Lipinski definition) is 1. The second-order valence-electron chi connectivity index (χ2n) is 6.44. The summed E-state index contributed by atoms with van der Waals surface area (Å²) in [5.74, 6) is -0.193. The maximum Gasteiger partial charge on any atom is 0.338 e. The number of amides is 1. The molecule has 0 spiro atoms. The molecular formula is C20H23N3O3. The SMILES string of the molecule is CCOC(=O)c1ccc(-n2c(C)cc(/C=N\NC(=O)C3CC3)c2C)cc1. The lowest BCUT2D eigenvalue weighted by Crippen LogP contribution is -2.19. The molecule has 26 heavy (non-hydrogen) atoms. The molecule has 0 atom stereocenters. The van der Waals surface area contributed by atoms with Gasteiger partial charge in [-0.2, -0.15) is 5.10 Å². The molecule has 0 aliphatic heterocycles. The molecule has 0 saturated heterocycles. The van der Waals surface area contributed by atoms with Crippen molar-refractivity contribution >= 4 is 18.1 Å². The standard InChI is InChI=1S/C20H23N3O3/c1-4-26-20(25)16-7-9-18(10-8-16)23-13(2)11-17(14(23)3)12-21-22-19(24)15-5-6-15/h7-12,15H,4-6H2,1-3H3,(H,22,24)/b21-12-. The van der Waals surface area contributed by atoms with Crippen LogP contribution in [0.15, 0.2) is 35.4 Å². The van der Waals surface area contributed by atoms with E-state index in [1.807, 2.05) is 32.0 Å². The van der Waals surface area contributed by atoms with E-state index in [-0.39, 0.29) is 17.8 Å². The predicted octanol–water partition coefficient (Wildman–Crippen LogP) is 3.13. The molecule has 1 fully saturated rings. The van der Waals surface area contributed by atoms with Crippen LogP contribution in [-0.4, -0.2) is 29.3 Å². The lowest BCUT2D eigenvalue weighted by molar-refractivity contribution is -0.122. The van der Waals surface area contributed by atoms with Gasteiger partial charge in [-0.25, -0.2) is 10.2 Å². The number of carbonyl (C=O) groups is 2. The minimum atomic E-state index is -0.320. The molecule has 6 heteroatoms. The summed E-state index contributed by atoms with van der Waals surface area (Å²) in [6.07, 6.45) is 3.58. The minimum absolute atomic E-state index is 0.00962. The van der Waals surface area contributed by atoms with E-state index in [1.165, 1.54) is 0 Å². The van der Waals surface area contributed by atoms with Gasteiger partial charge in [0, 0.05) is 28.6 Å². The second-order valence-corrected chi connectivity index (χ2v) is 6.44.